The van der Waals surface area contributed by atoms with E-state index in [1.165, 1.54) is 11.3 Å². The lowest BCUT2D eigenvalue weighted by atomic mass is 10.0. The highest BCUT2D eigenvalue weighted by molar-refractivity contribution is 7.10. The summed E-state index contributed by atoms with van der Waals surface area (Å²) in [5, 5.41) is 4.80. The number of aliphatic imine (C=N–C) groups is 1. The van der Waals surface area contributed by atoms with Crippen LogP contribution >= 0.6 is 11.3 Å². The van der Waals surface area contributed by atoms with Crippen molar-refractivity contribution in [2.24, 2.45) is 4.99 Å². The number of nitrogen functional groups attached to an aromatic ring is 1. The van der Waals surface area contributed by atoms with Crippen molar-refractivity contribution in [3.8, 4) is 0 Å². The smallest absolute Gasteiger partial charge is 0.255 e. The molecule has 0 saturated carbocycles. The summed E-state index contributed by atoms with van der Waals surface area (Å²) in [6.45, 7) is 0. The molecule has 6 nitrogen and oxygen atoms in total. The van der Waals surface area contributed by atoms with Crippen molar-refractivity contribution in [1.29, 1.82) is 0 Å². The summed E-state index contributed by atoms with van der Waals surface area (Å²) in [6, 6.07) is 10.5. The van der Waals surface area contributed by atoms with E-state index in [0.717, 1.165) is 16.0 Å². The number of thiophene rings is 1. The van der Waals surface area contributed by atoms with Gasteiger partial charge in [-0.1, -0.05) is 6.07 Å². The molecule has 0 aliphatic carbocycles. The summed E-state index contributed by atoms with van der Waals surface area (Å²) in [7, 11) is 0. The second kappa shape index (κ2) is 5.86. The van der Waals surface area contributed by atoms with Crippen LogP contribution in [0.5, 0.6) is 0 Å². The summed E-state index contributed by atoms with van der Waals surface area (Å²) in [5.41, 5.74) is 7.90. The highest BCUT2D eigenvalue weighted by Crippen LogP contribution is 2.30. The van der Waals surface area contributed by atoms with Crippen molar-refractivity contribution < 1.29 is 4.79 Å². The average Bonchev–Trinajstić information content (AvgIpc) is 3.07. The highest BCUT2D eigenvalue weighted by Gasteiger charge is 2.28. The fourth-order valence-electron chi connectivity index (χ4n) is 2.55. The number of anilines is 2. The summed E-state index contributed by atoms with van der Waals surface area (Å²) in [6.07, 6.45) is 3.30. The molecule has 1 aliphatic rings. The lowest BCUT2D eigenvalue weighted by Gasteiger charge is -2.09. The summed E-state index contributed by atoms with van der Waals surface area (Å²) < 4.78 is 0. The molecule has 0 radical (unpaired) electrons. The number of nitrogens with zero attached hydrogens (tertiary/aromatic N) is 3. The average molecular weight is 335 g/mol. The molecule has 118 valence electrons. The zero-order valence-corrected chi connectivity index (χ0v) is 13.3. The van der Waals surface area contributed by atoms with Crippen LogP contribution in [0.25, 0.3) is 0 Å². The zero-order valence-electron chi connectivity index (χ0n) is 12.5. The molecule has 24 heavy (non-hydrogen) atoms. The number of rotatable bonds is 2. The number of hydrogen-bond acceptors (Lipinski definition) is 6. The quantitative estimate of drug-likeness (QED) is 0.753. The molecule has 1 unspecified atom stereocenters. The Labute approximate surface area is 142 Å². The van der Waals surface area contributed by atoms with Gasteiger partial charge < -0.3 is 11.1 Å². The number of amides is 1. The Morgan fingerprint density at radius 1 is 1.12 bits per heavy atom. The summed E-state index contributed by atoms with van der Waals surface area (Å²) in [4.78, 5) is 26.7. The van der Waals surface area contributed by atoms with Crippen molar-refractivity contribution in [1.82, 2.24) is 9.97 Å². The van der Waals surface area contributed by atoms with Crippen molar-refractivity contribution >= 4 is 34.6 Å². The normalized spacial score (nSPS) is 16.8. The Morgan fingerprint density at radius 2 is 2.04 bits per heavy atom. The van der Waals surface area contributed by atoms with Gasteiger partial charge in [0.15, 0.2) is 6.04 Å². The van der Waals surface area contributed by atoms with Gasteiger partial charge in [0.1, 0.15) is 11.6 Å². The Balaban J connectivity index is 1.92. The Morgan fingerprint density at radius 3 is 2.79 bits per heavy atom. The Hall–Kier alpha value is -3.06. The van der Waals surface area contributed by atoms with Crippen LogP contribution in [0, 0.1) is 0 Å². The van der Waals surface area contributed by atoms with E-state index in [9.17, 15) is 4.79 Å². The van der Waals surface area contributed by atoms with Crippen LogP contribution in [-0.2, 0) is 4.79 Å². The number of carbonyl (C=O) groups is 1. The molecule has 4 rings (SSSR count). The Kier molecular flexibility index (Phi) is 3.55. The fourth-order valence-corrected chi connectivity index (χ4v) is 3.31. The van der Waals surface area contributed by atoms with E-state index in [4.69, 9.17) is 10.7 Å². The molecular weight excluding hydrogens is 322 g/mol. The van der Waals surface area contributed by atoms with Gasteiger partial charge in [0, 0.05) is 28.4 Å². The van der Waals surface area contributed by atoms with Crippen molar-refractivity contribution in [3.05, 3.63) is 70.2 Å². The van der Waals surface area contributed by atoms with Gasteiger partial charge in [0.05, 0.1) is 5.71 Å². The predicted molar refractivity (Wildman–Crippen MR) is 94.2 cm³/mol. The second-order valence-corrected chi connectivity index (χ2v) is 6.24. The third-order valence-electron chi connectivity index (χ3n) is 3.68. The molecule has 3 aromatic rings. The lowest BCUT2D eigenvalue weighted by Crippen LogP contribution is -2.18. The molecule has 4 heterocycles. The van der Waals surface area contributed by atoms with E-state index in [2.05, 4.69) is 15.3 Å². The lowest BCUT2D eigenvalue weighted by molar-refractivity contribution is -0.117. The molecule has 3 aromatic heterocycles. The molecule has 1 amide bonds. The van der Waals surface area contributed by atoms with Gasteiger partial charge in [0.25, 0.3) is 5.91 Å². The van der Waals surface area contributed by atoms with E-state index in [-0.39, 0.29) is 5.91 Å². The largest absolute Gasteiger partial charge is 0.384 e. The Bertz CT molecular complexity index is 918. The van der Waals surface area contributed by atoms with Gasteiger partial charge in [0.2, 0.25) is 0 Å². The van der Waals surface area contributed by atoms with Gasteiger partial charge in [-0.05, 0) is 35.7 Å². The first-order valence-corrected chi connectivity index (χ1v) is 8.20. The molecule has 0 saturated heterocycles. The molecule has 1 aliphatic heterocycles. The van der Waals surface area contributed by atoms with E-state index in [1.54, 1.807) is 18.5 Å². The number of nitrogens with one attached hydrogen (secondary N) is 1. The van der Waals surface area contributed by atoms with Gasteiger partial charge in [-0.3, -0.25) is 9.79 Å². The van der Waals surface area contributed by atoms with Crippen LogP contribution in [-0.4, -0.2) is 21.6 Å². The summed E-state index contributed by atoms with van der Waals surface area (Å²) >= 11 is 1.50. The molecular formula is C17H13N5OS. The van der Waals surface area contributed by atoms with Crippen LogP contribution in [0.4, 0.5) is 11.6 Å². The molecule has 0 spiro atoms. The minimum Gasteiger partial charge on any atom is -0.384 e. The SMILES string of the molecule is Nc1ccc(C2=NC(c3cccs3)C(=O)Nc3ncccc32)cn1. The number of fused-ring (bicyclic) bond motifs is 1. The number of hydrogen-bond donors (Lipinski definition) is 2. The predicted octanol–water partition coefficient (Wildman–Crippen LogP) is 2.65. The van der Waals surface area contributed by atoms with Crippen LogP contribution < -0.4 is 11.1 Å². The zero-order chi connectivity index (χ0) is 16.5. The number of aromatic nitrogens is 2. The van der Waals surface area contributed by atoms with Crippen LogP contribution in [0.2, 0.25) is 0 Å². The number of pyridine rings is 2. The molecule has 0 aromatic carbocycles. The minimum atomic E-state index is -0.619. The van der Waals surface area contributed by atoms with Crippen molar-refractivity contribution in [3.63, 3.8) is 0 Å². The van der Waals surface area contributed by atoms with Crippen LogP contribution in [0.3, 0.4) is 0 Å². The van der Waals surface area contributed by atoms with Gasteiger partial charge >= 0.3 is 0 Å². The van der Waals surface area contributed by atoms with E-state index < -0.39 is 6.04 Å². The standard InChI is InChI=1S/C17H13N5OS/c18-13-6-5-10(9-20-13)14-11-3-1-7-19-16(11)22-17(23)15(21-14)12-4-2-8-24-12/h1-9,15H,(H2,18,20)(H,19,22,23). The highest BCUT2D eigenvalue weighted by atomic mass is 32.1. The van der Waals surface area contributed by atoms with Crippen LogP contribution in [0.15, 0.2) is 59.2 Å². The molecule has 0 fully saturated rings. The monoisotopic (exact) mass is 335 g/mol. The molecule has 3 N–H and O–H groups in total. The fraction of sp³-hybridized carbons (Fsp3) is 0.0588. The number of carbonyl (C=O) groups excluding carboxylic acids is 1. The van der Waals surface area contributed by atoms with E-state index >= 15 is 0 Å². The molecule has 0 bridgehead atoms. The van der Waals surface area contributed by atoms with Crippen LogP contribution in [0.1, 0.15) is 22.0 Å². The summed E-state index contributed by atoms with van der Waals surface area (Å²) in [5.74, 6) is 0.733. The third-order valence-corrected chi connectivity index (χ3v) is 4.61. The molecule has 7 heteroatoms. The topological polar surface area (TPSA) is 93.3 Å². The molecule has 1 atom stereocenters. The third kappa shape index (κ3) is 2.55. The van der Waals surface area contributed by atoms with E-state index in [1.807, 2.05) is 35.7 Å². The maximum Gasteiger partial charge on any atom is 0.255 e. The first kappa shape index (κ1) is 14.5. The maximum absolute atomic E-state index is 12.6. The number of nitrogens with two attached hydrogens (primary N) is 1. The van der Waals surface area contributed by atoms with Gasteiger partial charge in [-0.25, -0.2) is 9.97 Å². The maximum atomic E-state index is 12.6. The van der Waals surface area contributed by atoms with Gasteiger partial charge in [-0.2, -0.15) is 0 Å². The minimum absolute atomic E-state index is 0.198. The first-order valence-electron chi connectivity index (χ1n) is 7.32. The first-order chi connectivity index (χ1) is 11.7. The van der Waals surface area contributed by atoms with Crippen molar-refractivity contribution in [2.45, 2.75) is 6.04 Å². The van der Waals surface area contributed by atoms with E-state index in [0.29, 0.717) is 17.3 Å². The second-order valence-electron chi connectivity index (χ2n) is 5.26. The van der Waals surface area contributed by atoms with Crippen molar-refractivity contribution in [2.75, 3.05) is 11.1 Å². The van der Waals surface area contributed by atoms with Gasteiger partial charge in [-0.15, -0.1) is 11.3 Å².